The van der Waals surface area contributed by atoms with Gasteiger partial charge in [-0.2, -0.15) is 0 Å². The lowest BCUT2D eigenvalue weighted by molar-refractivity contribution is -0.110. The quantitative estimate of drug-likeness (QED) is 0.470. The largest absolute Gasteiger partial charge is 0.465 e. The number of carbonyl (C=O) groups excluding carboxylic acids is 1. The van der Waals surface area contributed by atoms with Gasteiger partial charge in [0.15, 0.2) is 4.99 Å². The van der Waals surface area contributed by atoms with E-state index < -0.39 is 17.8 Å². The number of carboxylic acid groups (broad SMARTS) is 1. The molecule has 0 aliphatic carbocycles. The fraction of sp³-hybridized carbons (Fsp3) is 0.200. The lowest BCUT2D eigenvalue weighted by atomic mass is 10.4. The Kier molecular flexibility index (Phi) is 5.61. The van der Waals surface area contributed by atoms with Gasteiger partial charge < -0.3 is 21.1 Å². The maximum absolute atomic E-state index is 12.6. The van der Waals surface area contributed by atoms with E-state index in [0.29, 0.717) is 0 Å². The molecule has 1 rings (SSSR count). The number of thiocarbonyl (C=S) groups is 1. The summed E-state index contributed by atoms with van der Waals surface area (Å²) >= 11 is 4.78. The second-order valence-corrected chi connectivity index (χ2v) is 3.71. The zero-order chi connectivity index (χ0) is 14.3. The molecular weight excluding hydrogens is 275 g/mol. The van der Waals surface area contributed by atoms with Crippen LogP contribution in [0.3, 0.4) is 0 Å². The Morgan fingerprint density at radius 1 is 1.32 bits per heavy atom. The molecule has 2 amide bonds. The number of nitrogens with one attached hydrogen (secondary N) is 3. The molecule has 0 radical (unpaired) electrons. The highest BCUT2D eigenvalue weighted by atomic mass is 32.1. The smallest absolute Gasteiger partial charge is 0.404 e. The fourth-order valence-corrected chi connectivity index (χ4v) is 1.20. The molecule has 19 heavy (non-hydrogen) atoms. The second-order valence-electron chi connectivity index (χ2n) is 3.30. The first kappa shape index (κ1) is 14.8. The summed E-state index contributed by atoms with van der Waals surface area (Å²) in [6.45, 7) is 0.285. The van der Waals surface area contributed by atoms with E-state index in [1.807, 2.05) is 0 Å². The maximum atomic E-state index is 12.6. The summed E-state index contributed by atoms with van der Waals surface area (Å²) in [5.41, 5.74) is 0. The molecule has 0 aliphatic rings. The van der Waals surface area contributed by atoms with Crippen molar-refractivity contribution in [1.82, 2.24) is 15.6 Å². The van der Waals surface area contributed by atoms with Crippen LogP contribution >= 0.6 is 12.2 Å². The monoisotopic (exact) mass is 286 g/mol. The number of pyridine rings is 1. The second kappa shape index (κ2) is 7.21. The van der Waals surface area contributed by atoms with Crippen LogP contribution in [0.25, 0.3) is 0 Å². The van der Waals surface area contributed by atoms with E-state index in [1.54, 1.807) is 0 Å². The zero-order valence-corrected chi connectivity index (χ0v) is 10.5. The summed E-state index contributed by atoms with van der Waals surface area (Å²) in [5, 5.41) is 15.3. The molecule has 1 heterocycles. The molecule has 7 nitrogen and oxygen atoms in total. The standard InChI is InChI=1S/C10H11FN4O3S/c11-6-1-2-7(14-5-6)15-8(16)9(19)12-3-4-13-10(17)18/h1-2,5,13H,3-4H2,(H,12,19)(H,17,18)(H,14,15,16). The molecule has 0 aromatic carbocycles. The summed E-state index contributed by atoms with van der Waals surface area (Å²) in [6.07, 6.45) is -0.198. The number of nitrogens with zero attached hydrogens (tertiary/aromatic N) is 1. The van der Waals surface area contributed by atoms with Crippen molar-refractivity contribution in [3.8, 4) is 0 Å². The molecule has 0 saturated carbocycles. The molecule has 1 aromatic heterocycles. The van der Waals surface area contributed by atoms with Gasteiger partial charge in [0.1, 0.15) is 11.6 Å². The van der Waals surface area contributed by atoms with Crippen LogP contribution in [-0.4, -0.2) is 40.2 Å². The average Bonchev–Trinajstić information content (AvgIpc) is 2.36. The first-order valence-electron chi connectivity index (χ1n) is 5.16. The zero-order valence-electron chi connectivity index (χ0n) is 9.64. The van der Waals surface area contributed by atoms with Gasteiger partial charge >= 0.3 is 6.09 Å². The Bertz CT molecular complexity index is 480. The predicted octanol–water partition coefficient (Wildman–Crippen LogP) is 0.344. The van der Waals surface area contributed by atoms with E-state index in [-0.39, 0.29) is 23.9 Å². The molecule has 102 valence electrons. The lowest BCUT2D eigenvalue weighted by Gasteiger charge is -2.08. The number of halogens is 1. The van der Waals surface area contributed by atoms with Crippen LogP contribution in [0.15, 0.2) is 18.3 Å². The third-order valence-corrected chi connectivity index (χ3v) is 2.19. The SMILES string of the molecule is O=C(O)NCCNC(=S)C(=O)Nc1ccc(F)cn1. The van der Waals surface area contributed by atoms with Crippen molar-refractivity contribution in [2.24, 2.45) is 0 Å². The summed E-state index contributed by atoms with van der Waals surface area (Å²) < 4.78 is 12.6. The number of rotatable bonds is 4. The molecule has 0 bridgehead atoms. The van der Waals surface area contributed by atoms with Gasteiger partial charge in [-0.1, -0.05) is 12.2 Å². The molecule has 9 heteroatoms. The summed E-state index contributed by atoms with van der Waals surface area (Å²) in [7, 11) is 0. The van der Waals surface area contributed by atoms with Crippen LogP contribution in [0.5, 0.6) is 0 Å². The van der Waals surface area contributed by atoms with Gasteiger partial charge in [0.05, 0.1) is 6.20 Å². The Labute approximate surface area is 113 Å². The van der Waals surface area contributed by atoms with Gasteiger partial charge in [0.25, 0.3) is 5.91 Å². The molecule has 0 unspecified atom stereocenters. The van der Waals surface area contributed by atoms with E-state index in [1.165, 1.54) is 6.07 Å². The molecule has 0 saturated heterocycles. The van der Waals surface area contributed by atoms with Crippen LogP contribution in [0.1, 0.15) is 0 Å². The molecule has 0 atom stereocenters. The number of anilines is 1. The van der Waals surface area contributed by atoms with Crippen LogP contribution < -0.4 is 16.0 Å². The highest BCUT2D eigenvalue weighted by molar-refractivity contribution is 7.82. The Balaban J connectivity index is 2.34. The van der Waals surface area contributed by atoms with Gasteiger partial charge in [-0.3, -0.25) is 4.79 Å². The molecule has 0 spiro atoms. The topological polar surface area (TPSA) is 103 Å². The van der Waals surface area contributed by atoms with Crippen LogP contribution in [0.2, 0.25) is 0 Å². The van der Waals surface area contributed by atoms with Crippen molar-refractivity contribution in [3.05, 3.63) is 24.1 Å². The van der Waals surface area contributed by atoms with Crippen molar-refractivity contribution in [3.63, 3.8) is 0 Å². The molecule has 0 fully saturated rings. The predicted molar refractivity (Wildman–Crippen MR) is 69.5 cm³/mol. The number of hydrogen-bond acceptors (Lipinski definition) is 4. The van der Waals surface area contributed by atoms with Crippen molar-refractivity contribution >= 4 is 35.0 Å². The fourth-order valence-electron chi connectivity index (χ4n) is 1.05. The number of carbonyl (C=O) groups is 2. The number of aromatic nitrogens is 1. The first-order chi connectivity index (χ1) is 8.99. The summed E-state index contributed by atoms with van der Waals surface area (Å²) in [4.78, 5) is 25.2. The summed E-state index contributed by atoms with van der Waals surface area (Å²) in [5.74, 6) is -0.956. The van der Waals surface area contributed by atoms with Crippen LogP contribution in [0.4, 0.5) is 15.0 Å². The van der Waals surface area contributed by atoms with Gasteiger partial charge in [-0.15, -0.1) is 0 Å². The van der Waals surface area contributed by atoms with E-state index in [0.717, 1.165) is 12.3 Å². The van der Waals surface area contributed by atoms with Crippen molar-refractivity contribution in [1.29, 1.82) is 0 Å². The van der Waals surface area contributed by atoms with E-state index in [9.17, 15) is 14.0 Å². The van der Waals surface area contributed by atoms with Gasteiger partial charge in [-0.05, 0) is 12.1 Å². The highest BCUT2D eigenvalue weighted by Crippen LogP contribution is 2.03. The minimum atomic E-state index is -1.16. The Morgan fingerprint density at radius 2 is 2.00 bits per heavy atom. The van der Waals surface area contributed by atoms with E-state index in [2.05, 4.69) is 20.9 Å². The van der Waals surface area contributed by atoms with Crippen LogP contribution in [-0.2, 0) is 4.79 Å². The Morgan fingerprint density at radius 3 is 2.58 bits per heavy atom. The minimum Gasteiger partial charge on any atom is -0.465 e. The highest BCUT2D eigenvalue weighted by Gasteiger charge is 2.09. The molecular formula is C10H11FN4O3S. The summed E-state index contributed by atoms with van der Waals surface area (Å²) in [6, 6.07) is 2.44. The molecule has 1 aromatic rings. The molecule has 4 N–H and O–H groups in total. The Hall–Kier alpha value is -2.29. The molecule has 0 aliphatic heterocycles. The van der Waals surface area contributed by atoms with Crippen molar-refractivity contribution < 1.29 is 19.1 Å². The number of amides is 2. The van der Waals surface area contributed by atoms with E-state index in [4.69, 9.17) is 17.3 Å². The average molecular weight is 286 g/mol. The number of hydrogen-bond donors (Lipinski definition) is 4. The van der Waals surface area contributed by atoms with Crippen LogP contribution in [0, 0.1) is 5.82 Å². The third kappa shape index (κ3) is 5.73. The first-order valence-corrected chi connectivity index (χ1v) is 5.57. The van der Waals surface area contributed by atoms with Gasteiger partial charge in [0.2, 0.25) is 0 Å². The van der Waals surface area contributed by atoms with Crippen molar-refractivity contribution in [2.45, 2.75) is 0 Å². The van der Waals surface area contributed by atoms with Gasteiger partial charge in [0, 0.05) is 13.1 Å². The minimum absolute atomic E-state index is 0.109. The van der Waals surface area contributed by atoms with Gasteiger partial charge in [-0.25, -0.2) is 14.2 Å². The normalized spacial score (nSPS) is 9.53. The lowest BCUT2D eigenvalue weighted by Crippen LogP contribution is -2.38. The van der Waals surface area contributed by atoms with Crippen molar-refractivity contribution in [2.75, 3.05) is 18.4 Å². The van der Waals surface area contributed by atoms with E-state index >= 15 is 0 Å². The third-order valence-electron chi connectivity index (χ3n) is 1.86. The maximum Gasteiger partial charge on any atom is 0.404 e.